The predicted molar refractivity (Wildman–Crippen MR) is 125 cm³/mol. The Kier molecular flexibility index (Phi) is 5.94. The molecule has 33 heavy (non-hydrogen) atoms. The largest absolute Gasteiger partial charge is 0.403 e. The standard InChI is InChI=1S/C17H20N4O.C7H8O3S/c1-2-4-14(5-3-1)16-18-19-17(22-16)21-10-13-6-12-7-15(21)11-20(8-12)9-13;1-6-2-4-7(5-3-6)11(8,9)10/h1-5,12-13,15H,6-11H2;2-5H,1H3,(H,8,9,10). The topological polar surface area (TPSA) is 99.8 Å². The van der Waals surface area contributed by atoms with Gasteiger partial charge in [-0.2, -0.15) is 8.42 Å². The van der Waals surface area contributed by atoms with Gasteiger partial charge < -0.3 is 14.2 Å². The Labute approximate surface area is 194 Å². The van der Waals surface area contributed by atoms with Crippen LogP contribution in [-0.4, -0.2) is 60.3 Å². The third-order valence-corrected chi connectivity index (χ3v) is 7.54. The van der Waals surface area contributed by atoms with E-state index in [1.165, 1.54) is 38.1 Å². The molecule has 0 saturated carbocycles. The highest BCUT2D eigenvalue weighted by atomic mass is 32.2. The van der Waals surface area contributed by atoms with E-state index in [0.29, 0.717) is 17.9 Å². The van der Waals surface area contributed by atoms with Crippen LogP contribution in [0, 0.1) is 18.8 Å². The van der Waals surface area contributed by atoms with Crippen LogP contribution in [0.25, 0.3) is 11.5 Å². The highest BCUT2D eigenvalue weighted by Gasteiger charge is 2.43. The van der Waals surface area contributed by atoms with Gasteiger partial charge in [-0.1, -0.05) is 41.0 Å². The molecule has 3 aromatic rings. The van der Waals surface area contributed by atoms with Crippen LogP contribution in [-0.2, 0) is 10.1 Å². The fourth-order valence-corrected chi connectivity index (χ4v) is 5.74. The molecule has 2 aromatic carbocycles. The molecule has 9 heteroatoms. The zero-order valence-corrected chi connectivity index (χ0v) is 19.4. The number of rotatable bonds is 3. The van der Waals surface area contributed by atoms with Crippen molar-refractivity contribution in [2.75, 3.05) is 31.1 Å². The van der Waals surface area contributed by atoms with Crippen molar-refractivity contribution in [3.05, 3.63) is 60.2 Å². The second-order valence-electron chi connectivity index (χ2n) is 9.27. The van der Waals surface area contributed by atoms with Crippen molar-refractivity contribution in [2.24, 2.45) is 11.8 Å². The van der Waals surface area contributed by atoms with E-state index in [1.807, 2.05) is 37.3 Å². The Balaban J connectivity index is 0.000000177. The molecule has 8 nitrogen and oxygen atoms in total. The molecule has 4 fully saturated rings. The zero-order valence-electron chi connectivity index (χ0n) is 18.5. The lowest BCUT2D eigenvalue weighted by molar-refractivity contribution is 0.0978. The van der Waals surface area contributed by atoms with Gasteiger partial charge in [-0.15, -0.1) is 5.10 Å². The molecule has 4 unspecified atom stereocenters. The molecule has 0 amide bonds. The number of aromatic nitrogens is 2. The second kappa shape index (κ2) is 8.89. The molecule has 4 aliphatic rings. The van der Waals surface area contributed by atoms with Gasteiger partial charge in [-0.05, 0) is 55.9 Å². The fraction of sp³-hybridized carbons (Fsp3) is 0.417. The number of hydrogen-bond donors (Lipinski definition) is 1. The van der Waals surface area contributed by atoms with E-state index in [-0.39, 0.29) is 4.90 Å². The third kappa shape index (κ3) is 4.95. The summed E-state index contributed by atoms with van der Waals surface area (Å²) in [4.78, 5) is 4.94. The molecule has 1 N–H and O–H groups in total. The number of anilines is 1. The summed E-state index contributed by atoms with van der Waals surface area (Å²) in [7, 11) is -4.02. The first-order valence-electron chi connectivity index (χ1n) is 11.3. The Morgan fingerprint density at radius 3 is 2.33 bits per heavy atom. The highest BCUT2D eigenvalue weighted by molar-refractivity contribution is 7.85. The van der Waals surface area contributed by atoms with Gasteiger partial charge in [0, 0.05) is 37.8 Å². The lowest BCUT2D eigenvalue weighted by Gasteiger charge is -2.41. The lowest BCUT2D eigenvalue weighted by atomic mass is 9.84. The Morgan fingerprint density at radius 1 is 0.909 bits per heavy atom. The van der Waals surface area contributed by atoms with Crippen molar-refractivity contribution >= 4 is 16.1 Å². The predicted octanol–water partition coefficient (Wildman–Crippen LogP) is 3.51. The van der Waals surface area contributed by atoms with Crippen LogP contribution in [0.15, 0.2) is 63.9 Å². The van der Waals surface area contributed by atoms with E-state index < -0.39 is 10.1 Å². The van der Waals surface area contributed by atoms with Crippen LogP contribution in [0.2, 0.25) is 0 Å². The minimum atomic E-state index is -4.02. The van der Waals surface area contributed by atoms with E-state index in [4.69, 9.17) is 8.97 Å². The normalized spacial score (nSPS) is 25.9. The summed E-state index contributed by atoms with van der Waals surface area (Å²) in [6, 6.07) is 17.3. The van der Waals surface area contributed by atoms with E-state index in [2.05, 4.69) is 20.0 Å². The second-order valence-corrected chi connectivity index (χ2v) is 10.7. The van der Waals surface area contributed by atoms with Gasteiger partial charge in [0.1, 0.15) is 0 Å². The van der Waals surface area contributed by atoms with Crippen LogP contribution in [0.1, 0.15) is 18.4 Å². The quantitative estimate of drug-likeness (QED) is 0.583. The molecule has 7 rings (SSSR count). The summed E-state index contributed by atoms with van der Waals surface area (Å²) in [6.07, 6.45) is 2.64. The molecule has 4 atom stereocenters. The molecule has 0 aliphatic carbocycles. The molecule has 5 heterocycles. The van der Waals surface area contributed by atoms with Crippen LogP contribution >= 0.6 is 0 Å². The summed E-state index contributed by atoms with van der Waals surface area (Å²) in [5, 5.41) is 8.61. The average Bonchev–Trinajstić information content (AvgIpc) is 3.19. The number of hydrogen-bond acceptors (Lipinski definition) is 7. The smallest absolute Gasteiger partial charge is 0.318 e. The first kappa shape index (κ1) is 22.1. The molecular weight excluding hydrogens is 440 g/mol. The first-order chi connectivity index (χ1) is 15.8. The van der Waals surface area contributed by atoms with Crippen molar-refractivity contribution in [1.29, 1.82) is 0 Å². The number of nitrogens with zero attached hydrogens (tertiary/aromatic N) is 4. The average molecular weight is 469 g/mol. The number of piperidine rings is 2. The maximum absolute atomic E-state index is 10.5. The van der Waals surface area contributed by atoms with Crippen LogP contribution in [0.5, 0.6) is 0 Å². The Bertz CT molecular complexity index is 1180. The molecule has 174 valence electrons. The lowest BCUT2D eigenvalue weighted by Crippen LogP contribution is -2.49. The molecule has 4 saturated heterocycles. The van der Waals surface area contributed by atoms with Crippen molar-refractivity contribution < 1.29 is 17.4 Å². The molecule has 0 spiro atoms. The van der Waals surface area contributed by atoms with Crippen LogP contribution in [0.3, 0.4) is 0 Å². The maximum atomic E-state index is 10.5. The fourth-order valence-electron chi connectivity index (χ4n) is 5.26. The summed E-state index contributed by atoms with van der Waals surface area (Å²) in [6.45, 7) is 6.58. The van der Waals surface area contributed by atoms with Gasteiger partial charge in [-0.3, -0.25) is 4.55 Å². The minimum Gasteiger partial charge on any atom is -0.403 e. The van der Waals surface area contributed by atoms with Crippen LogP contribution in [0.4, 0.5) is 6.01 Å². The van der Waals surface area contributed by atoms with E-state index in [0.717, 1.165) is 36.1 Å². The van der Waals surface area contributed by atoms with E-state index >= 15 is 0 Å². The monoisotopic (exact) mass is 468 g/mol. The molecule has 1 aromatic heterocycles. The van der Waals surface area contributed by atoms with Gasteiger partial charge in [-0.25, -0.2) is 0 Å². The summed E-state index contributed by atoms with van der Waals surface area (Å²) in [5.74, 6) is 2.23. The van der Waals surface area contributed by atoms with Crippen molar-refractivity contribution in [1.82, 2.24) is 15.1 Å². The molecule has 0 radical (unpaired) electrons. The number of aryl methyl sites for hydroxylation is 1. The Hall–Kier alpha value is -2.75. The SMILES string of the molecule is Cc1ccc(S(=O)(=O)O)cc1.c1ccc(-c2nnc(N3CC4CC5CC3CN(C5)C4)o2)cc1. The summed E-state index contributed by atoms with van der Waals surface area (Å²) in [5.41, 5.74) is 1.95. The van der Waals surface area contributed by atoms with Crippen molar-refractivity contribution in [3.8, 4) is 11.5 Å². The van der Waals surface area contributed by atoms with Gasteiger partial charge in [0.05, 0.1) is 4.90 Å². The third-order valence-electron chi connectivity index (χ3n) is 6.67. The molecule has 4 aliphatic heterocycles. The van der Waals surface area contributed by atoms with Gasteiger partial charge in [0.15, 0.2) is 0 Å². The van der Waals surface area contributed by atoms with Crippen LogP contribution < -0.4 is 4.90 Å². The Morgan fingerprint density at radius 2 is 1.64 bits per heavy atom. The zero-order chi connectivity index (χ0) is 23.0. The number of fused-ring (bicyclic) bond motifs is 1. The summed E-state index contributed by atoms with van der Waals surface area (Å²) >= 11 is 0. The first-order valence-corrected chi connectivity index (χ1v) is 12.7. The molecule has 4 bridgehead atoms. The minimum absolute atomic E-state index is 0.0666. The van der Waals surface area contributed by atoms with E-state index in [9.17, 15) is 8.42 Å². The number of benzene rings is 2. The van der Waals surface area contributed by atoms with Crippen molar-refractivity contribution in [2.45, 2.75) is 30.7 Å². The maximum Gasteiger partial charge on any atom is 0.318 e. The van der Waals surface area contributed by atoms with Gasteiger partial charge >= 0.3 is 6.01 Å². The highest BCUT2D eigenvalue weighted by Crippen LogP contribution is 2.38. The molecular formula is C24H28N4O4S. The summed E-state index contributed by atoms with van der Waals surface area (Å²) < 4.78 is 35.6. The van der Waals surface area contributed by atoms with Gasteiger partial charge in [0.2, 0.25) is 5.89 Å². The van der Waals surface area contributed by atoms with E-state index in [1.54, 1.807) is 12.1 Å². The van der Waals surface area contributed by atoms with Crippen molar-refractivity contribution in [3.63, 3.8) is 0 Å². The van der Waals surface area contributed by atoms with Gasteiger partial charge in [0.25, 0.3) is 10.1 Å².